The van der Waals surface area contributed by atoms with Gasteiger partial charge in [0.25, 0.3) is 0 Å². The van der Waals surface area contributed by atoms with Crippen molar-refractivity contribution in [1.29, 1.82) is 0 Å². The number of aromatic nitrogens is 3. The quantitative estimate of drug-likeness (QED) is 0.180. The Hall–Kier alpha value is -7.37. The van der Waals surface area contributed by atoms with Gasteiger partial charge in [0.05, 0.1) is 0 Å². The van der Waals surface area contributed by atoms with E-state index in [-0.39, 0.29) is 0 Å². The number of rotatable bonds is 5. The maximum atomic E-state index is 6.51. The molecule has 54 heavy (non-hydrogen) atoms. The summed E-state index contributed by atoms with van der Waals surface area (Å²) in [5.74, 6) is 1.71. The molecule has 0 bridgehead atoms. The predicted molar refractivity (Wildman–Crippen MR) is 219 cm³/mol. The monoisotopic (exact) mass is 691 g/mol. The third kappa shape index (κ3) is 4.98. The zero-order chi connectivity index (χ0) is 35.6. The number of furan rings is 2. The van der Waals surface area contributed by atoms with Crippen LogP contribution in [-0.4, -0.2) is 15.0 Å². The molecule has 0 N–H and O–H groups in total. The molecule has 0 saturated carbocycles. The second kappa shape index (κ2) is 12.1. The van der Waals surface area contributed by atoms with Gasteiger partial charge in [0, 0.05) is 38.2 Å². The van der Waals surface area contributed by atoms with Crippen molar-refractivity contribution in [2.75, 3.05) is 0 Å². The average molecular weight is 692 g/mol. The lowest BCUT2D eigenvalue weighted by atomic mass is 9.98. The fraction of sp³-hybridized carbons (Fsp3) is 0. The zero-order valence-electron chi connectivity index (χ0n) is 28.9. The predicted octanol–water partition coefficient (Wildman–Crippen LogP) is 13.2. The minimum atomic E-state index is 0.564. The van der Waals surface area contributed by atoms with Gasteiger partial charge in [-0.05, 0) is 75.5 Å². The van der Waals surface area contributed by atoms with Crippen molar-refractivity contribution in [3.8, 4) is 56.4 Å². The smallest absolute Gasteiger partial charge is 0.164 e. The molecule has 5 heteroatoms. The highest BCUT2D eigenvalue weighted by molar-refractivity contribution is 6.14. The Labute approximate surface area is 309 Å². The molecular formula is C49H29N3O2. The summed E-state index contributed by atoms with van der Waals surface area (Å²) in [7, 11) is 0. The Morgan fingerprint density at radius 2 is 0.815 bits per heavy atom. The van der Waals surface area contributed by atoms with E-state index in [9.17, 15) is 0 Å². The molecule has 5 nitrogen and oxygen atoms in total. The second-order valence-corrected chi connectivity index (χ2v) is 13.6. The van der Waals surface area contributed by atoms with Crippen molar-refractivity contribution in [2.45, 2.75) is 0 Å². The Balaban J connectivity index is 1.18. The molecule has 0 spiro atoms. The summed E-state index contributed by atoms with van der Waals surface area (Å²) in [6, 6.07) is 60.5. The van der Waals surface area contributed by atoms with E-state index in [2.05, 4.69) is 115 Å². The summed E-state index contributed by atoms with van der Waals surface area (Å²) in [5, 5.41) is 6.21. The zero-order valence-corrected chi connectivity index (χ0v) is 28.9. The summed E-state index contributed by atoms with van der Waals surface area (Å²) in [6.45, 7) is 0. The highest BCUT2D eigenvalue weighted by atomic mass is 16.3. The summed E-state index contributed by atoms with van der Waals surface area (Å²) in [4.78, 5) is 15.8. The van der Waals surface area contributed by atoms with Gasteiger partial charge in [0.15, 0.2) is 17.5 Å². The van der Waals surface area contributed by atoms with E-state index in [0.29, 0.717) is 17.5 Å². The minimum absolute atomic E-state index is 0.564. The number of hydrogen-bond acceptors (Lipinski definition) is 5. The molecule has 8 aromatic carbocycles. The maximum absolute atomic E-state index is 6.51. The molecule has 0 aliphatic rings. The van der Waals surface area contributed by atoms with Crippen LogP contribution in [0.3, 0.4) is 0 Å². The van der Waals surface area contributed by atoms with Gasteiger partial charge in [-0.25, -0.2) is 15.0 Å². The van der Waals surface area contributed by atoms with Crippen LogP contribution in [0.1, 0.15) is 0 Å². The van der Waals surface area contributed by atoms with Gasteiger partial charge in [-0.2, -0.15) is 0 Å². The van der Waals surface area contributed by atoms with Gasteiger partial charge in [0.2, 0.25) is 0 Å². The van der Waals surface area contributed by atoms with Crippen LogP contribution in [0.5, 0.6) is 0 Å². The van der Waals surface area contributed by atoms with Crippen LogP contribution < -0.4 is 0 Å². The molecule has 0 unspecified atom stereocenters. The second-order valence-electron chi connectivity index (χ2n) is 13.6. The van der Waals surface area contributed by atoms with Gasteiger partial charge >= 0.3 is 0 Å². The number of fused-ring (bicyclic) bond motifs is 7. The lowest BCUT2D eigenvalue weighted by Crippen LogP contribution is -2.01. The summed E-state index contributed by atoms with van der Waals surface area (Å²) in [5.41, 5.74) is 10.3. The number of hydrogen-bond donors (Lipinski definition) is 0. The largest absolute Gasteiger partial charge is 0.456 e. The number of benzene rings is 8. The van der Waals surface area contributed by atoms with Gasteiger partial charge in [-0.3, -0.25) is 0 Å². The maximum Gasteiger partial charge on any atom is 0.164 e. The summed E-state index contributed by atoms with van der Waals surface area (Å²) in [6.07, 6.45) is 0. The molecule has 0 atom stereocenters. The summed E-state index contributed by atoms with van der Waals surface area (Å²) >= 11 is 0. The molecule has 0 fully saturated rings. The van der Waals surface area contributed by atoms with Crippen molar-refractivity contribution >= 4 is 54.6 Å². The van der Waals surface area contributed by atoms with Crippen LogP contribution in [0.2, 0.25) is 0 Å². The van der Waals surface area contributed by atoms with Crippen molar-refractivity contribution < 1.29 is 8.83 Å². The van der Waals surface area contributed by atoms with Crippen LogP contribution in [0, 0.1) is 0 Å². The van der Waals surface area contributed by atoms with Gasteiger partial charge in [-0.15, -0.1) is 0 Å². The van der Waals surface area contributed by atoms with Crippen LogP contribution in [-0.2, 0) is 0 Å². The number of nitrogens with zero attached hydrogens (tertiary/aromatic N) is 3. The summed E-state index contributed by atoms with van der Waals surface area (Å²) < 4.78 is 12.8. The highest BCUT2D eigenvalue weighted by Gasteiger charge is 2.21. The Morgan fingerprint density at radius 1 is 0.296 bits per heavy atom. The van der Waals surface area contributed by atoms with Crippen LogP contribution in [0.15, 0.2) is 185 Å². The minimum Gasteiger partial charge on any atom is -0.456 e. The van der Waals surface area contributed by atoms with Gasteiger partial charge in [0.1, 0.15) is 22.3 Å². The third-order valence-electron chi connectivity index (χ3n) is 10.3. The SMILES string of the molecule is c1ccc(-c2ccc3cc(-c4nc(-c5cccc6oc7ccccc7c56)nc(-c5cc(-c6ccccc6)cc6oc7ccccc7c56)n4)ccc3c2)cc1. The van der Waals surface area contributed by atoms with E-state index >= 15 is 0 Å². The fourth-order valence-corrected chi connectivity index (χ4v) is 7.73. The molecule has 0 aliphatic carbocycles. The van der Waals surface area contributed by atoms with Gasteiger partial charge in [-0.1, -0.05) is 133 Å². The molecule has 0 radical (unpaired) electrons. The topological polar surface area (TPSA) is 65.0 Å². The van der Waals surface area contributed by atoms with E-state index in [1.165, 1.54) is 11.1 Å². The number of para-hydroxylation sites is 2. The average Bonchev–Trinajstić information content (AvgIpc) is 3.82. The molecule has 0 amide bonds. The molecule has 0 aliphatic heterocycles. The Bertz CT molecular complexity index is 3220. The molecule has 11 aromatic rings. The Kier molecular flexibility index (Phi) is 6.79. The normalized spacial score (nSPS) is 11.7. The van der Waals surface area contributed by atoms with Crippen molar-refractivity contribution in [2.24, 2.45) is 0 Å². The van der Waals surface area contributed by atoms with Crippen LogP contribution in [0.4, 0.5) is 0 Å². The molecule has 11 rings (SSSR count). The third-order valence-corrected chi connectivity index (χ3v) is 10.3. The first-order valence-corrected chi connectivity index (χ1v) is 18.0. The van der Waals surface area contributed by atoms with E-state index in [0.717, 1.165) is 82.5 Å². The van der Waals surface area contributed by atoms with Crippen molar-refractivity contribution in [3.05, 3.63) is 176 Å². The molecule has 3 aromatic heterocycles. The molecule has 0 saturated heterocycles. The Morgan fingerprint density at radius 3 is 1.52 bits per heavy atom. The van der Waals surface area contributed by atoms with Crippen LogP contribution >= 0.6 is 0 Å². The molecule has 252 valence electrons. The van der Waals surface area contributed by atoms with Crippen LogP contribution in [0.25, 0.3) is 111 Å². The van der Waals surface area contributed by atoms with E-state index in [1.807, 2.05) is 60.7 Å². The molecule has 3 heterocycles. The van der Waals surface area contributed by atoms with Gasteiger partial charge < -0.3 is 8.83 Å². The first-order valence-electron chi connectivity index (χ1n) is 18.0. The van der Waals surface area contributed by atoms with Crippen molar-refractivity contribution in [1.82, 2.24) is 15.0 Å². The fourth-order valence-electron chi connectivity index (χ4n) is 7.73. The lowest BCUT2D eigenvalue weighted by Gasteiger charge is -2.12. The van der Waals surface area contributed by atoms with E-state index < -0.39 is 0 Å². The van der Waals surface area contributed by atoms with E-state index in [4.69, 9.17) is 23.8 Å². The van der Waals surface area contributed by atoms with E-state index in [1.54, 1.807) is 0 Å². The van der Waals surface area contributed by atoms with Crippen molar-refractivity contribution in [3.63, 3.8) is 0 Å². The molecular weight excluding hydrogens is 663 g/mol. The first kappa shape index (κ1) is 30.3. The standard InChI is InChI=1S/C49H29N3O2/c1-3-12-30(13-4-1)32-22-23-34-27-35(25-24-33(34)26-32)47-50-48(39-18-11-21-43-45(39)37-16-7-9-19-41(37)53-43)52-49(51-47)40-28-36(31-14-5-2-6-15-31)29-44-46(40)38-17-8-10-20-42(38)54-44/h1-29H. The lowest BCUT2D eigenvalue weighted by molar-refractivity contribution is 0.668. The highest BCUT2D eigenvalue weighted by Crippen LogP contribution is 2.41. The first-order chi connectivity index (χ1) is 26.7.